The zero-order valence-electron chi connectivity index (χ0n) is 18.5. The van der Waals surface area contributed by atoms with E-state index in [1.165, 1.54) is 38.3 Å². The van der Waals surface area contributed by atoms with Crippen molar-refractivity contribution in [2.24, 2.45) is 0 Å². The molecule has 1 unspecified atom stereocenters. The summed E-state index contributed by atoms with van der Waals surface area (Å²) in [6.07, 6.45) is 1.99. The first-order valence-corrected chi connectivity index (χ1v) is 12.0. The van der Waals surface area contributed by atoms with Crippen LogP contribution in [-0.2, 0) is 19.6 Å². The second-order valence-corrected chi connectivity index (χ2v) is 9.27. The molecule has 10 nitrogen and oxygen atoms in total. The van der Waals surface area contributed by atoms with Crippen molar-refractivity contribution in [2.45, 2.75) is 36.8 Å². The highest BCUT2D eigenvalue weighted by Crippen LogP contribution is 2.17. The molecular formula is C22H28N4O6S. The molecule has 2 atom stereocenters. The average molecular weight is 477 g/mol. The Morgan fingerprint density at radius 3 is 2.27 bits per heavy atom. The van der Waals surface area contributed by atoms with Crippen LogP contribution in [0.3, 0.4) is 0 Å². The number of amides is 3. The predicted octanol–water partition coefficient (Wildman–Crippen LogP) is 2.30. The molecule has 1 saturated heterocycles. The lowest BCUT2D eigenvalue weighted by atomic mass is 10.2. The Balaban J connectivity index is 1.49. The van der Waals surface area contributed by atoms with Crippen LogP contribution in [0.4, 0.5) is 16.2 Å². The van der Waals surface area contributed by atoms with Gasteiger partial charge in [-0.05, 0) is 68.3 Å². The van der Waals surface area contributed by atoms with Crippen molar-refractivity contribution in [2.75, 3.05) is 30.9 Å². The molecule has 1 aliphatic heterocycles. The minimum atomic E-state index is -3.88. The number of rotatable bonds is 9. The fourth-order valence-corrected chi connectivity index (χ4v) is 4.39. The maximum atomic E-state index is 12.5. The fraction of sp³-hybridized carbons (Fsp3) is 0.364. The van der Waals surface area contributed by atoms with E-state index in [4.69, 9.17) is 9.47 Å². The van der Waals surface area contributed by atoms with E-state index in [2.05, 4.69) is 20.7 Å². The first kappa shape index (κ1) is 24.5. The normalized spacial score (nSPS) is 16.6. The lowest BCUT2D eigenvalue weighted by Crippen LogP contribution is -2.41. The van der Waals surface area contributed by atoms with Gasteiger partial charge in [0.15, 0.2) is 0 Å². The van der Waals surface area contributed by atoms with Crippen LogP contribution in [0.15, 0.2) is 53.4 Å². The maximum Gasteiger partial charge on any atom is 0.319 e. The van der Waals surface area contributed by atoms with Crippen molar-refractivity contribution in [3.05, 3.63) is 48.5 Å². The number of hydrogen-bond acceptors (Lipinski definition) is 6. The minimum Gasteiger partial charge on any atom is -0.497 e. The molecule has 4 N–H and O–H groups in total. The van der Waals surface area contributed by atoms with Crippen LogP contribution in [0.2, 0.25) is 0 Å². The molecule has 1 heterocycles. The first-order valence-electron chi connectivity index (χ1n) is 10.5. The number of sulfonamides is 1. The molecule has 0 spiro atoms. The van der Waals surface area contributed by atoms with Gasteiger partial charge in [-0.3, -0.25) is 4.79 Å². The Labute approximate surface area is 193 Å². The molecule has 2 aromatic carbocycles. The summed E-state index contributed by atoms with van der Waals surface area (Å²) in [5.74, 6) is 0.0000853. The minimum absolute atomic E-state index is 0.0242. The van der Waals surface area contributed by atoms with Gasteiger partial charge >= 0.3 is 6.03 Å². The Morgan fingerprint density at radius 2 is 1.70 bits per heavy atom. The van der Waals surface area contributed by atoms with Crippen molar-refractivity contribution in [1.82, 2.24) is 10.0 Å². The summed E-state index contributed by atoms with van der Waals surface area (Å²) in [7, 11) is -2.40. The summed E-state index contributed by atoms with van der Waals surface area (Å²) >= 11 is 0. The Hall–Kier alpha value is -3.15. The summed E-state index contributed by atoms with van der Waals surface area (Å²) in [6.45, 7) is 2.62. The third-order valence-electron chi connectivity index (χ3n) is 5.02. The van der Waals surface area contributed by atoms with Gasteiger partial charge in [-0.15, -0.1) is 0 Å². The number of urea groups is 1. The van der Waals surface area contributed by atoms with Gasteiger partial charge in [0.05, 0.1) is 24.2 Å². The number of carbonyl (C=O) groups excluding carboxylic acids is 2. The van der Waals surface area contributed by atoms with Crippen LogP contribution >= 0.6 is 0 Å². The molecule has 33 heavy (non-hydrogen) atoms. The largest absolute Gasteiger partial charge is 0.497 e. The average Bonchev–Trinajstić information content (AvgIpc) is 3.32. The van der Waals surface area contributed by atoms with Gasteiger partial charge in [0, 0.05) is 24.5 Å². The zero-order valence-corrected chi connectivity index (χ0v) is 19.3. The number of hydrogen-bond donors (Lipinski definition) is 4. The van der Waals surface area contributed by atoms with Crippen LogP contribution in [0, 0.1) is 0 Å². The number of nitrogens with one attached hydrogen (secondary N) is 4. The molecule has 0 aromatic heterocycles. The summed E-state index contributed by atoms with van der Waals surface area (Å²) in [5.41, 5.74) is 1.01. The maximum absolute atomic E-state index is 12.5. The van der Waals surface area contributed by atoms with E-state index < -0.39 is 22.0 Å². The first-order chi connectivity index (χ1) is 15.8. The molecule has 1 fully saturated rings. The molecule has 11 heteroatoms. The van der Waals surface area contributed by atoms with Gasteiger partial charge < -0.3 is 25.4 Å². The van der Waals surface area contributed by atoms with E-state index in [0.29, 0.717) is 23.7 Å². The molecule has 0 radical (unpaired) electrons. The topological polar surface area (TPSA) is 135 Å². The van der Waals surface area contributed by atoms with Crippen LogP contribution in [0.1, 0.15) is 19.8 Å². The second kappa shape index (κ2) is 11.1. The van der Waals surface area contributed by atoms with Gasteiger partial charge in [0.2, 0.25) is 15.9 Å². The van der Waals surface area contributed by atoms with Gasteiger partial charge in [-0.1, -0.05) is 0 Å². The number of methoxy groups -OCH3 is 1. The van der Waals surface area contributed by atoms with Gasteiger partial charge in [-0.25, -0.2) is 13.2 Å². The van der Waals surface area contributed by atoms with E-state index >= 15 is 0 Å². The van der Waals surface area contributed by atoms with E-state index in [1.807, 2.05) is 0 Å². The summed E-state index contributed by atoms with van der Waals surface area (Å²) in [6, 6.07) is 11.0. The third-order valence-corrected chi connectivity index (χ3v) is 6.58. The molecule has 0 bridgehead atoms. The number of benzene rings is 2. The van der Waals surface area contributed by atoms with Crippen molar-refractivity contribution in [3.8, 4) is 5.75 Å². The zero-order chi connectivity index (χ0) is 23.8. The molecule has 178 valence electrons. The smallest absolute Gasteiger partial charge is 0.319 e. The second-order valence-electron chi connectivity index (χ2n) is 7.56. The molecule has 0 saturated carbocycles. The lowest BCUT2D eigenvalue weighted by molar-refractivity contribution is -0.117. The van der Waals surface area contributed by atoms with Crippen molar-refractivity contribution in [1.29, 1.82) is 0 Å². The van der Waals surface area contributed by atoms with E-state index in [0.717, 1.165) is 19.4 Å². The monoisotopic (exact) mass is 476 g/mol. The highest BCUT2D eigenvalue weighted by atomic mass is 32.2. The van der Waals surface area contributed by atoms with Crippen LogP contribution in [0.25, 0.3) is 0 Å². The Bertz CT molecular complexity index is 1050. The number of carbonyl (C=O) groups is 2. The molecule has 3 rings (SSSR count). The molecule has 3 amide bonds. The highest BCUT2D eigenvalue weighted by molar-refractivity contribution is 7.89. The summed E-state index contributed by atoms with van der Waals surface area (Å²) in [4.78, 5) is 24.5. The number of anilines is 2. The van der Waals surface area contributed by atoms with E-state index in [1.54, 1.807) is 24.3 Å². The molecular weight excluding hydrogens is 448 g/mol. The van der Waals surface area contributed by atoms with Crippen LogP contribution < -0.4 is 25.4 Å². The van der Waals surface area contributed by atoms with Crippen LogP contribution in [-0.4, -0.2) is 52.8 Å². The van der Waals surface area contributed by atoms with E-state index in [9.17, 15) is 18.0 Å². The Morgan fingerprint density at radius 1 is 1.06 bits per heavy atom. The predicted molar refractivity (Wildman–Crippen MR) is 124 cm³/mol. The number of ether oxygens (including phenoxy) is 2. The summed E-state index contributed by atoms with van der Waals surface area (Å²) < 4.78 is 37.8. The fourth-order valence-electron chi connectivity index (χ4n) is 3.18. The van der Waals surface area contributed by atoms with Crippen molar-refractivity contribution < 1.29 is 27.5 Å². The molecule has 1 aliphatic rings. The summed E-state index contributed by atoms with van der Waals surface area (Å²) in [5, 5.41) is 8.11. The molecule has 0 aliphatic carbocycles. The SMILES string of the molecule is COc1ccc(S(=O)(=O)N[C@@H](C)C(=O)Nc2ccc(NC(=O)NCC3CCCO3)cc2)cc1. The lowest BCUT2D eigenvalue weighted by Gasteiger charge is -2.15. The van der Waals surface area contributed by atoms with Crippen molar-refractivity contribution >= 4 is 33.3 Å². The van der Waals surface area contributed by atoms with Gasteiger partial charge in [0.25, 0.3) is 0 Å². The van der Waals surface area contributed by atoms with Gasteiger partial charge in [-0.2, -0.15) is 4.72 Å². The quantitative estimate of drug-likeness (QED) is 0.439. The highest BCUT2D eigenvalue weighted by Gasteiger charge is 2.22. The third kappa shape index (κ3) is 7.17. The van der Waals surface area contributed by atoms with Crippen molar-refractivity contribution in [3.63, 3.8) is 0 Å². The van der Waals surface area contributed by atoms with E-state index in [-0.39, 0.29) is 17.0 Å². The standard InChI is InChI=1S/C22H28N4O6S/c1-15(26-33(29,30)20-11-9-18(31-2)10-12-20)21(27)24-16-5-7-17(8-6-16)25-22(28)23-14-19-4-3-13-32-19/h5-12,15,19,26H,3-4,13-14H2,1-2H3,(H,24,27)(H2,23,25,28)/t15-,19?/m0/s1. The van der Waals surface area contributed by atoms with Gasteiger partial charge in [0.1, 0.15) is 5.75 Å². The molecule has 2 aromatic rings. The van der Waals surface area contributed by atoms with Crippen LogP contribution in [0.5, 0.6) is 5.75 Å². The Kier molecular flexibility index (Phi) is 8.26.